The van der Waals surface area contributed by atoms with E-state index in [0.717, 1.165) is 16.7 Å². The minimum atomic E-state index is -1.17. The molecule has 1 aliphatic carbocycles. The number of carbonyl (C=O) groups is 3. The first kappa shape index (κ1) is 38.2. The SMILES string of the molecule is CC1(C)CC(=O)C(C(CCCCC(=O)O)=N[C@@H]2O[C@H](COCc3ccccc3)[C@H](O)[C@H](OCc3ccccc3)[C@H]2OCc2ccccc2)C(=O)C1. The van der Waals surface area contributed by atoms with Crippen LogP contribution in [0, 0.1) is 11.3 Å². The van der Waals surface area contributed by atoms with E-state index >= 15 is 0 Å². The summed E-state index contributed by atoms with van der Waals surface area (Å²) in [4.78, 5) is 43.5. The molecule has 272 valence electrons. The summed E-state index contributed by atoms with van der Waals surface area (Å²) in [5.41, 5.74) is 2.61. The van der Waals surface area contributed by atoms with E-state index in [-0.39, 0.29) is 57.1 Å². The van der Waals surface area contributed by atoms with E-state index in [1.165, 1.54) is 0 Å². The van der Waals surface area contributed by atoms with Gasteiger partial charge in [-0.05, 0) is 41.4 Å². The summed E-state index contributed by atoms with van der Waals surface area (Å²) in [6.45, 7) is 4.45. The van der Waals surface area contributed by atoms with Crippen molar-refractivity contribution in [2.75, 3.05) is 6.61 Å². The highest BCUT2D eigenvalue weighted by Gasteiger charge is 2.48. The molecule has 5 rings (SSSR count). The predicted octanol–water partition coefficient (Wildman–Crippen LogP) is 6.12. The molecular formula is C41H49NO9. The summed E-state index contributed by atoms with van der Waals surface area (Å²) < 4.78 is 25.5. The zero-order valence-corrected chi connectivity index (χ0v) is 29.4. The Morgan fingerprint density at radius 2 is 1.25 bits per heavy atom. The van der Waals surface area contributed by atoms with Gasteiger partial charge in [0.05, 0.1) is 26.4 Å². The molecule has 2 N–H and O–H groups in total. The van der Waals surface area contributed by atoms with Crippen molar-refractivity contribution in [2.24, 2.45) is 16.3 Å². The van der Waals surface area contributed by atoms with Gasteiger partial charge in [0.2, 0.25) is 0 Å². The van der Waals surface area contributed by atoms with Crippen LogP contribution >= 0.6 is 0 Å². The summed E-state index contributed by atoms with van der Waals surface area (Å²) >= 11 is 0. The van der Waals surface area contributed by atoms with Crippen LogP contribution in [0.25, 0.3) is 0 Å². The third kappa shape index (κ3) is 11.2. The number of hydrogen-bond donors (Lipinski definition) is 2. The second-order valence-electron chi connectivity index (χ2n) is 14.2. The smallest absolute Gasteiger partial charge is 0.303 e. The molecule has 2 fully saturated rings. The number of carboxylic acid groups (broad SMARTS) is 1. The number of ketones is 2. The van der Waals surface area contributed by atoms with Crippen LogP contribution in [0.5, 0.6) is 0 Å². The van der Waals surface area contributed by atoms with Gasteiger partial charge in [0, 0.05) is 25.0 Å². The van der Waals surface area contributed by atoms with Crippen LogP contribution in [0.15, 0.2) is 96.0 Å². The van der Waals surface area contributed by atoms with Gasteiger partial charge in [-0.15, -0.1) is 0 Å². The molecule has 10 heteroatoms. The van der Waals surface area contributed by atoms with E-state index < -0.39 is 47.9 Å². The minimum Gasteiger partial charge on any atom is -0.481 e. The van der Waals surface area contributed by atoms with Crippen LogP contribution in [-0.2, 0) is 53.2 Å². The Balaban J connectivity index is 1.49. The van der Waals surface area contributed by atoms with Crippen molar-refractivity contribution < 1.29 is 43.5 Å². The number of carbonyl (C=O) groups excluding carboxylic acids is 2. The fourth-order valence-electron chi connectivity index (χ4n) is 6.71. The van der Waals surface area contributed by atoms with Crippen LogP contribution in [0.1, 0.15) is 69.1 Å². The lowest BCUT2D eigenvalue weighted by atomic mass is 9.69. The van der Waals surface area contributed by atoms with Crippen molar-refractivity contribution >= 4 is 23.2 Å². The Morgan fingerprint density at radius 1 is 0.765 bits per heavy atom. The quantitative estimate of drug-likeness (QED) is 0.0969. The number of nitrogens with zero attached hydrogens (tertiary/aromatic N) is 1. The molecule has 3 aromatic carbocycles. The third-order valence-electron chi connectivity index (χ3n) is 9.25. The molecule has 10 nitrogen and oxygen atoms in total. The number of aliphatic carboxylic acids is 1. The van der Waals surface area contributed by atoms with Gasteiger partial charge in [-0.2, -0.15) is 0 Å². The van der Waals surface area contributed by atoms with E-state index in [2.05, 4.69) is 0 Å². The number of ether oxygens (including phenoxy) is 4. The summed E-state index contributed by atoms with van der Waals surface area (Å²) in [6.07, 6.45) is -3.61. The molecule has 1 saturated carbocycles. The maximum absolute atomic E-state index is 13.6. The summed E-state index contributed by atoms with van der Waals surface area (Å²) in [5.74, 6) is -2.42. The van der Waals surface area contributed by atoms with Crippen molar-refractivity contribution in [2.45, 2.75) is 103 Å². The number of carboxylic acids is 1. The topological polar surface area (TPSA) is 141 Å². The van der Waals surface area contributed by atoms with Crippen molar-refractivity contribution in [1.29, 1.82) is 0 Å². The highest BCUT2D eigenvalue weighted by molar-refractivity contribution is 6.22. The van der Waals surface area contributed by atoms with Gasteiger partial charge in [0.25, 0.3) is 0 Å². The lowest BCUT2D eigenvalue weighted by Crippen LogP contribution is -2.60. The normalized spacial score (nSPS) is 24.1. The molecule has 0 unspecified atom stereocenters. The summed E-state index contributed by atoms with van der Waals surface area (Å²) in [6, 6.07) is 28.8. The van der Waals surface area contributed by atoms with E-state index in [4.69, 9.17) is 23.9 Å². The number of Topliss-reactive ketones (excluding diaryl/α,β-unsaturated/α-hetero) is 2. The second kappa shape index (κ2) is 18.4. The number of hydrogen-bond acceptors (Lipinski definition) is 9. The van der Waals surface area contributed by atoms with Crippen molar-refractivity contribution in [3.05, 3.63) is 108 Å². The minimum absolute atomic E-state index is 0.0160. The fourth-order valence-corrected chi connectivity index (χ4v) is 6.71. The van der Waals surface area contributed by atoms with Gasteiger partial charge in [-0.25, -0.2) is 0 Å². The fraction of sp³-hybridized carbons (Fsp3) is 0.463. The highest BCUT2D eigenvalue weighted by Crippen LogP contribution is 2.36. The molecule has 1 aliphatic heterocycles. The van der Waals surface area contributed by atoms with Gasteiger partial charge in [0.1, 0.15) is 41.9 Å². The Morgan fingerprint density at radius 3 is 1.78 bits per heavy atom. The molecule has 1 saturated heterocycles. The molecule has 0 radical (unpaired) electrons. The number of aliphatic imine (C=N–C) groups is 1. The average Bonchev–Trinajstić information content (AvgIpc) is 3.10. The number of benzene rings is 3. The summed E-state index contributed by atoms with van der Waals surface area (Å²) in [7, 11) is 0. The van der Waals surface area contributed by atoms with Crippen molar-refractivity contribution in [3.63, 3.8) is 0 Å². The first-order valence-corrected chi connectivity index (χ1v) is 17.7. The zero-order valence-electron chi connectivity index (χ0n) is 29.4. The van der Waals surface area contributed by atoms with Gasteiger partial charge in [-0.1, -0.05) is 105 Å². The molecule has 0 spiro atoms. The summed E-state index contributed by atoms with van der Waals surface area (Å²) in [5, 5.41) is 21.1. The van der Waals surface area contributed by atoms with Crippen LogP contribution in [-0.4, -0.2) is 70.7 Å². The van der Waals surface area contributed by atoms with Crippen molar-refractivity contribution in [1.82, 2.24) is 0 Å². The average molecular weight is 700 g/mol. The number of unbranched alkanes of at least 4 members (excludes halogenated alkanes) is 1. The van der Waals surface area contributed by atoms with Crippen LogP contribution in [0.2, 0.25) is 0 Å². The molecule has 3 aromatic rings. The highest BCUT2D eigenvalue weighted by atomic mass is 16.6. The predicted molar refractivity (Wildman–Crippen MR) is 191 cm³/mol. The maximum Gasteiger partial charge on any atom is 0.303 e. The standard InChI is InChI=1S/C41H49NO9/c1-41(2)22-32(43)36(33(44)23-41)31(20-12-13-21-35(45)46)42-40-39(50-26-30-18-10-5-11-19-30)38(49-25-29-16-8-4-9-17-29)37(47)34(51-40)27-48-24-28-14-6-3-7-15-28/h3-11,14-19,34,36-40,47H,12-13,20-27H2,1-2H3,(H,45,46)/t34-,37+,38+,39-,40-/m1/s1. The van der Waals surface area contributed by atoms with Crippen LogP contribution in [0.4, 0.5) is 0 Å². The molecule has 5 atom stereocenters. The monoisotopic (exact) mass is 699 g/mol. The van der Waals surface area contributed by atoms with Gasteiger partial charge >= 0.3 is 5.97 Å². The largest absolute Gasteiger partial charge is 0.481 e. The Kier molecular flexibility index (Phi) is 13.8. The molecule has 0 amide bonds. The van der Waals surface area contributed by atoms with Crippen LogP contribution < -0.4 is 0 Å². The Bertz CT molecular complexity index is 1580. The van der Waals surface area contributed by atoms with Gasteiger partial charge < -0.3 is 29.2 Å². The van der Waals surface area contributed by atoms with Gasteiger partial charge in [0.15, 0.2) is 6.23 Å². The molecule has 2 aliphatic rings. The lowest BCUT2D eigenvalue weighted by molar-refractivity contribution is -0.258. The number of aliphatic hydroxyl groups excluding tert-OH is 1. The van der Waals surface area contributed by atoms with E-state index in [0.29, 0.717) is 25.2 Å². The molecule has 0 bridgehead atoms. The van der Waals surface area contributed by atoms with E-state index in [1.54, 1.807) is 0 Å². The first-order valence-electron chi connectivity index (χ1n) is 17.7. The maximum atomic E-state index is 13.6. The lowest BCUT2D eigenvalue weighted by Gasteiger charge is -2.43. The third-order valence-corrected chi connectivity index (χ3v) is 9.25. The van der Waals surface area contributed by atoms with E-state index in [1.807, 2.05) is 105 Å². The molecule has 1 heterocycles. The van der Waals surface area contributed by atoms with E-state index in [9.17, 15) is 24.6 Å². The zero-order chi connectivity index (χ0) is 36.2. The Labute approximate surface area is 299 Å². The number of aliphatic hydroxyl groups is 1. The van der Waals surface area contributed by atoms with Gasteiger partial charge in [-0.3, -0.25) is 19.4 Å². The van der Waals surface area contributed by atoms with Crippen molar-refractivity contribution in [3.8, 4) is 0 Å². The molecular weight excluding hydrogens is 650 g/mol. The molecule has 0 aromatic heterocycles. The second-order valence-corrected chi connectivity index (χ2v) is 14.2. The number of rotatable bonds is 17. The van der Waals surface area contributed by atoms with Crippen LogP contribution in [0.3, 0.4) is 0 Å². The molecule has 51 heavy (non-hydrogen) atoms. The Hall–Kier alpha value is -4.06. The first-order chi connectivity index (χ1) is 24.6.